The fourth-order valence-corrected chi connectivity index (χ4v) is 4.06. The highest BCUT2D eigenvalue weighted by atomic mass is 16.6. The third-order valence-electron chi connectivity index (χ3n) is 6.56. The lowest BCUT2D eigenvalue weighted by Gasteiger charge is -2.37. The van der Waals surface area contributed by atoms with Gasteiger partial charge in [0.2, 0.25) is 5.91 Å². The zero-order chi connectivity index (χ0) is 26.3. The molecule has 0 spiro atoms. The molecule has 2 N–H and O–H groups in total. The van der Waals surface area contributed by atoms with Crippen molar-refractivity contribution in [1.29, 1.82) is 0 Å². The molecular weight excluding hydrogens is 454 g/mol. The van der Waals surface area contributed by atoms with E-state index in [4.69, 9.17) is 10.5 Å². The first kappa shape index (κ1) is 26.7. The number of pyridine rings is 1. The molecular formula is C29H35N3O4. The summed E-state index contributed by atoms with van der Waals surface area (Å²) in [6, 6.07) is 23.2. The molecule has 0 radical (unpaired) electrons. The lowest BCUT2D eigenvalue weighted by Crippen LogP contribution is -2.45. The van der Waals surface area contributed by atoms with Crippen molar-refractivity contribution in [1.82, 2.24) is 9.47 Å². The van der Waals surface area contributed by atoms with Gasteiger partial charge in [0, 0.05) is 37.7 Å². The SMILES string of the molecule is CC(c1ccc(-c2ccn(C)c(=O)c2)cc1)N1CCC(CC(C)(C)C(N)=O)OC1=O.c1ccccc1. The number of ether oxygens (including phenoxy) is 1. The van der Waals surface area contributed by atoms with Crippen LogP contribution in [-0.4, -0.2) is 34.1 Å². The number of rotatable bonds is 6. The maximum Gasteiger partial charge on any atom is 0.410 e. The van der Waals surface area contributed by atoms with Gasteiger partial charge < -0.3 is 19.9 Å². The van der Waals surface area contributed by atoms with E-state index in [1.54, 1.807) is 38.1 Å². The van der Waals surface area contributed by atoms with Crippen LogP contribution >= 0.6 is 0 Å². The van der Waals surface area contributed by atoms with Crippen molar-refractivity contribution in [2.45, 2.75) is 45.8 Å². The second-order valence-corrected chi connectivity index (χ2v) is 9.76. The molecule has 1 aliphatic heterocycles. The predicted molar refractivity (Wildman–Crippen MR) is 141 cm³/mol. The monoisotopic (exact) mass is 489 g/mol. The lowest BCUT2D eigenvalue weighted by molar-refractivity contribution is -0.128. The van der Waals surface area contributed by atoms with Crippen molar-refractivity contribution in [2.75, 3.05) is 6.54 Å². The van der Waals surface area contributed by atoms with Gasteiger partial charge in [0.1, 0.15) is 6.10 Å². The first-order valence-electron chi connectivity index (χ1n) is 12.1. The van der Waals surface area contributed by atoms with Crippen LogP contribution in [0.1, 0.15) is 45.2 Å². The van der Waals surface area contributed by atoms with Gasteiger partial charge in [0.15, 0.2) is 0 Å². The lowest BCUT2D eigenvalue weighted by atomic mass is 9.84. The second-order valence-electron chi connectivity index (χ2n) is 9.76. The minimum Gasteiger partial charge on any atom is -0.446 e. The summed E-state index contributed by atoms with van der Waals surface area (Å²) in [6.07, 6.45) is 2.12. The Morgan fingerprint density at radius 2 is 1.61 bits per heavy atom. The van der Waals surface area contributed by atoms with Gasteiger partial charge in [-0.2, -0.15) is 0 Å². The molecule has 2 heterocycles. The van der Waals surface area contributed by atoms with Crippen molar-refractivity contribution >= 4 is 12.0 Å². The topological polar surface area (TPSA) is 94.6 Å². The van der Waals surface area contributed by atoms with Crippen LogP contribution in [-0.2, 0) is 16.6 Å². The Kier molecular flexibility index (Phi) is 8.69. The summed E-state index contributed by atoms with van der Waals surface area (Å²) >= 11 is 0. The Bertz CT molecular complexity index is 1190. The van der Waals surface area contributed by atoms with Crippen LogP contribution in [0.2, 0.25) is 0 Å². The number of carbonyl (C=O) groups is 2. The molecule has 0 saturated carbocycles. The van der Waals surface area contributed by atoms with Crippen molar-refractivity contribution in [2.24, 2.45) is 18.2 Å². The number of aryl methyl sites for hydroxylation is 1. The number of hydrogen-bond donors (Lipinski definition) is 1. The van der Waals surface area contributed by atoms with Gasteiger partial charge in [0.25, 0.3) is 5.56 Å². The van der Waals surface area contributed by atoms with E-state index in [1.807, 2.05) is 73.7 Å². The molecule has 1 fully saturated rings. The van der Waals surface area contributed by atoms with Crippen LogP contribution in [0.4, 0.5) is 4.79 Å². The molecule has 1 aromatic heterocycles. The number of benzene rings is 2. The number of amides is 2. The standard InChI is InChI=1S/C23H29N3O4.C6H6/c1-15(26-12-10-19(30-22(26)29)14-23(2,3)21(24)28)16-5-7-17(8-6-16)18-9-11-25(4)20(27)13-18;1-2-4-6-5-3-1/h5-9,11,13,15,19H,10,12,14H2,1-4H3,(H2,24,28);1-6H. The molecule has 7 heteroatoms. The van der Waals surface area contributed by atoms with Crippen LogP contribution in [0.15, 0.2) is 83.8 Å². The van der Waals surface area contributed by atoms with E-state index in [0.29, 0.717) is 19.4 Å². The Morgan fingerprint density at radius 3 is 2.11 bits per heavy atom. The Hall–Kier alpha value is -3.87. The number of hydrogen-bond acceptors (Lipinski definition) is 4. The normalized spacial score (nSPS) is 16.4. The first-order valence-corrected chi connectivity index (χ1v) is 12.1. The van der Waals surface area contributed by atoms with Crippen LogP contribution in [0, 0.1) is 5.41 Å². The van der Waals surface area contributed by atoms with Crippen LogP contribution in [0.5, 0.6) is 0 Å². The second kappa shape index (κ2) is 11.7. The van der Waals surface area contributed by atoms with Gasteiger partial charge in [-0.3, -0.25) is 9.59 Å². The van der Waals surface area contributed by atoms with E-state index in [0.717, 1.165) is 16.7 Å². The summed E-state index contributed by atoms with van der Waals surface area (Å²) in [5, 5.41) is 0. The molecule has 1 aliphatic rings. The molecule has 0 bridgehead atoms. The van der Waals surface area contributed by atoms with Gasteiger partial charge in [-0.05, 0) is 36.1 Å². The molecule has 36 heavy (non-hydrogen) atoms. The van der Waals surface area contributed by atoms with Crippen molar-refractivity contribution in [3.05, 3.63) is 94.9 Å². The Labute approximate surface area is 212 Å². The average Bonchev–Trinajstić information content (AvgIpc) is 2.87. The quantitative estimate of drug-likeness (QED) is 0.532. The Morgan fingerprint density at radius 1 is 1.03 bits per heavy atom. The van der Waals surface area contributed by atoms with E-state index >= 15 is 0 Å². The molecule has 190 valence electrons. The molecule has 2 unspecified atom stereocenters. The van der Waals surface area contributed by atoms with Crippen LogP contribution < -0.4 is 11.3 Å². The smallest absolute Gasteiger partial charge is 0.410 e. The largest absolute Gasteiger partial charge is 0.446 e. The highest BCUT2D eigenvalue weighted by Crippen LogP contribution is 2.31. The number of primary amides is 1. The predicted octanol–water partition coefficient (Wildman–Crippen LogP) is 4.91. The Balaban J connectivity index is 0.000000526. The number of nitrogens with two attached hydrogens (primary N) is 1. The summed E-state index contributed by atoms with van der Waals surface area (Å²) in [4.78, 5) is 37.7. The summed E-state index contributed by atoms with van der Waals surface area (Å²) in [7, 11) is 1.72. The first-order chi connectivity index (χ1) is 17.1. The average molecular weight is 490 g/mol. The third kappa shape index (κ3) is 6.84. The van der Waals surface area contributed by atoms with Crippen molar-refractivity contribution in [3.8, 4) is 11.1 Å². The van der Waals surface area contributed by atoms with Crippen LogP contribution in [0.25, 0.3) is 11.1 Å². The fraction of sp³-hybridized carbons (Fsp3) is 0.345. The van der Waals surface area contributed by atoms with Crippen LogP contribution in [0.3, 0.4) is 0 Å². The highest BCUT2D eigenvalue weighted by Gasteiger charge is 2.36. The van der Waals surface area contributed by atoms with E-state index < -0.39 is 11.3 Å². The molecule has 2 amide bonds. The molecule has 2 atom stereocenters. The third-order valence-corrected chi connectivity index (χ3v) is 6.56. The van der Waals surface area contributed by atoms with E-state index in [1.165, 1.54) is 4.57 Å². The molecule has 0 aliphatic carbocycles. The zero-order valence-electron chi connectivity index (χ0n) is 21.4. The van der Waals surface area contributed by atoms with E-state index in [-0.39, 0.29) is 23.8 Å². The highest BCUT2D eigenvalue weighted by molar-refractivity contribution is 5.80. The molecule has 3 aromatic rings. The minimum atomic E-state index is -0.715. The number of carbonyl (C=O) groups excluding carboxylic acids is 2. The summed E-state index contributed by atoms with van der Waals surface area (Å²) in [6.45, 7) is 6.04. The fourth-order valence-electron chi connectivity index (χ4n) is 4.06. The van der Waals surface area contributed by atoms with Gasteiger partial charge in [-0.15, -0.1) is 0 Å². The van der Waals surface area contributed by atoms with Crippen molar-refractivity contribution in [3.63, 3.8) is 0 Å². The van der Waals surface area contributed by atoms with Gasteiger partial charge in [0.05, 0.1) is 6.04 Å². The summed E-state index contributed by atoms with van der Waals surface area (Å²) in [5.74, 6) is -0.397. The molecule has 2 aromatic carbocycles. The molecule has 1 saturated heterocycles. The van der Waals surface area contributed by atoms with Gasteiger partial charge in [-0.25, -0.2) is 4.79 Å². The van der Waals surface area contributed by atoms with Crippen molar-refractivity contribution < 1.29 is 14.3 Å². The summed E-state index contributed by atoms with van der Waals surface area (Å²) in [5.41, 5.74) is 7.44. The number of nitrogens with zero attached hydrogens (tertiary/aromatic N) is 2. The minimum absolute atomic E-state index is 0.0601. The molecule has 7 nitrogen and oxygen atoms in total. The number of cyclic esters (lactones) is 1. The van der Waals surface area contributed by atoms with E-state index in [2.05, 4.69) is 0 Å². The number of aromatic nitrogens is 1. The maximum atomic E-state index is 12.6. The maximum absolute atomic E-state index is 12.6. The zero-order valence-corrected chi connectivity index (χ0v) is 21.4. The summed E-state index contributed by atoms with van der Waals surface area (Å²) < 4.78 is 7.11. The van der Waals surface area contributed by atoms with Gasteiger partial charge in [-0.1, -0.05) is 74.5 Å². The van der Waals surface area contributed by atoms with E-state index in [9.17, 15) is 14.4 Å². The van der Waals surface area contributed by atoms with Gasteiger partial charge >= 0.3 is 6.09 Å². The molecule has 4 rings (SSSR count).